The minimum absolute atomic E-state index is 0.495. The van der Waals surface area contributed by atoms with Gasteiger partial charge in [0.25, 0.3) is 0 Å². The van der Waals surface area contributed by atoms with Gasteiger partial charge in [0, 0.05) is 18.5 Å². The number of thiazole rings is 1. The molecule has 0 radical (unpaired) electrons. The number of benzene rings is 1. The molecule has 0 atom stereocenters. The van der Waals surface area contributed by atoms with Crippen molar-refractivity contribution in [3.63, 3.8) is 0 Å². The Kier molecular flexibility index (Phi) is 3.67. The maximum atomic E-state index is 4.88. The van der Waals surface area contributed by atoms with Crippen LogP contribution in [0.4, 0.5) is 0 Å². The van der Waals surface area contributed by atoms with Crippen molar-refractivity contribution in [2.24, 2.45) is 0 Å². The van der Waals surface area contributed by atoms with Gasteiger partial charge in [-0.3, -0.25) is 0 Å². The van der Waals surface area contributed by atoms with Crippen LogP contribution in [0.3, 0.4) is 0 Å². The van der Waals surface area contributed by atoms with Gasteiger partial charge >= 0.3 is 0 Å². The van der Waals surface area contributed by atoms with Gasteiger partial charge < -0.3 is 5.32 Å². The van der Waals surface area contributed by atoms with Gasteiger partial charge in [-0.15, -0.1) is 11.3 Å². The van der Waals surface area contributed by atoms with Crippen molar-refractivity contribution in [2.45, 2.75) is 45.2 Å². The van der Waals surface area contributed by atoms with Gasteiger partial charge in [0.2, 0.25) is 0 Å². The smallest absolute Gasteiger partial charge is 0.0966 e. The molecular weight excluding hydrogens is 252 g/mol. The minimum atomic E-state index is 0.495. The van der Waals surface area contributed by atoms with Crippen molar-refractivity contribution < 1.29 is 0 Å². The lowest BCUT2D eigenvalue weighted by Gasteiger charge is -2.07. The molecule has 1 aromatic carbocycles. The molecule has 0 amide bonds. The fourth-order valence-corrected chi connectivity index (χ4v) is 3.37. The zero-order chi connectivity index (χ0) is 13.2. The lowest BCUT2D eigenvalue weighted by Crippen LogP contribution is -2.22. The Bertz CT molecular complexity index is 541. The SMILES string of the molecule is CC(C)NCc1nc(C2CC2)sc1-c1ccccc1. The highest BCUT2D eigenvalue weighted by Gasteiger charge is 2.28. The van der Waals surface area contributed by atoms with E-state index in [0.717, 1.165) is 12.5 Å². The summed E-state index contributed by atoms with van der Waals surface area (Å²) in [6.45, 7) is 5.22. The van der Waals surface area contributed by atoms with Crippen LogP contribution in [-0.2, 0) is 6.54 Å². The van der Waals surface area contributed by atoms with E-state index in [1.807, 2.05) is 11.3 Å². The van der Waals surface area contributed by atoms with Crippen LogP contribution in [0, 0.1) is 0 Å². The molecule has 1 saturated carbocycles. The number of aromatic nitrogens is 1. The van der Waals surface area contributed by atoms with Gasteiger partial charge in [-0.1, -0.05) is 44.2 Å². The van der Waals surface area contributed by atoms with E-state index in [-0.39, 0.29) is 0 Å². The van der Waals surface area contributed by atoms with Gasteiger partial charge in [-0.25, -0.2) is 4.98 Å². The average Bonchev–Trinajstić information content (AvgIpc) is 3.18. The zero-order valence-corrected chi connectivity index (χ0v) is 12.3. The van der Waals surface area contributed by atoms with Crippen molar-refractivity contribution >= 4 is 11.3 Å². The summed E-state index contributed by atoms with van der Waals surface area (Å²) in [7, 11) is 0. The quantitative estimate of drug-likeness (QED) is 0.883. The second-order valence-electron chi connectivity index (χ2n) is 5.50. The summed E-state index contributed by atoms with van der Waals surface area (Å²) in [5.74, 6) is 0.736. The van der Waals surface area contributed by atoms with E-state index >= 15 is 0 Å². The number of hydrogen-bond acceptors (Lipinski definition) is 3. The molecule has 0 aliphatic heterocycles. The van der Waals surface area contributed by atoms with Crippen LogP contribution in [0.5, 0.6) is 0 Å². The zero-order valence-electron chi connectivity index (χ0n) is 11.5. The normalized spacial score (nSPS) is 15.1. The highest BCUT2D eigenvalue weighted by atomic mass is 32.1. The highest BCUT2D eigenvalue weighted by molar-refractivity contribution is 7.15. The van der Waals surface area contributed by atoms with E-state index in [2.05, 4.69) is 49.5 Å². The fourth-order valence-electron chi connectivity index (χ4n) is 2.11. The second-order valence-corrected chi connectivity index (χ2v) is 6.53. The fraction of sp³-hybridized carbons (Fsp3) is 0.438. The Labute approximate surface area is 118 Å². The summed E-state index contributed by atoms with van der Waals surface area (Å²) in [5.41, 5.74) is 2.51. The molecule has 1 aliphatic carbocycles. The van der Waals surface area contributed by atoms with Crippen molar-refractivity contribution in [2.75, 3.05) is 0 Å². The van der Waals surface area contributed by atoms with Crippen LogP contribution in [0.25, 0.3) is 10.4 Å². The third kappa shape index (κ3) is 3.04. The van der Waals surface area contributed by atoms with Crippen molar-refractivity contribution in [1.82, 2.24) is 10.3 Å². The summed E-state index contributed by atoms with van der Waals surface area (Å²) >= 11 is 1.88. The Morgan fingerprint density at radius 2 is 2.00 bits per heavy atom. The van der Waals surface area contributed by atoms with E-state index in [0.29, 0.717) is 6.04 Å². The van der Waals surface area contributed by atoms with Crippen LogP contribution >= 0.6 is 11.3 Å². The molecular formula is C16H20N2S. The summed E-state index contributed by atoms with van der Waals surface area (Å²) in [6.07, 6.45) is 2.64. The number of hydrogen-bond donors (Lipinski definition) is 1. The molecule has 0 saturated heterocycles. The molecule has 1 aliphatic rings. The van der Waals surface area contributed by atoms with Crippen LogP contribution in [-0.4, -0.2) is 11.0 Å². The van der Waals surface area contributed by atoms with Crippen LogP contribution in [0.1, 0.15) is 43.3 Å². The van der Waals surface area contributed by atoms with Crippen molar-refractivity contribution in [3.8, 4) is 10.4 Å². The van der Waals surface area contributed by atoms with E-state index in [1.54, 1.807) is 0 Å². The summed E-state index contributed by atoms with van der Waals surface area (Å²) in [6, 6.07) is 11.1. The van der Waals surface area contributed by atoms with Crippen molar-refractivity contribution in [3.05, 3.63) is 41.0 Å². The lowest BCUT2D eigenvalue weighted by atomic mass is 10.1. The molecule has 2 aromatic rings. The third-order valence-corrected chi connectivity index (χ3v) is 4.66. The topological polar surface area (TPSA) is 24.9 Å². The molecule has 0 unspecified atom stereocenters. The molecule has 1 heterocycles. The predicted octanol–water partition coefficient (Wildman–Crippen LogP) is 4.19. The van der Waals surface area contributed by atoms with Gasteiger partial charge in [0.05, 0.1) is 15.6 Å². The third-order valence-electron chi connectivity index (χ3n) is 3.35. The first-order valence-corrected chi connectivity index (χ1v) is 7.84. The van der Waals surface area contributed by atoms with E-state index in [9.17, 15) is 0 Å². The first-order chi connectivity index (χ1) is 9.24. The molecule has 3 rings (SSSR count). The standard InChI is InChI=1S/C16H20N2S/c1-11(2)17-10-14-15(12-6-4-3-5-7-12)19-16(18-14)13-8-9-13/h3-7,11,13,17H,8-10H2,1-2H3. The summed E-state index contributed by atoms with van der Waals surface area (Å²) in [4.78, 5) is 6.22. The van der Waals surface area contributed by atoms with E-state index < -0.39 is 0 Å². The summed E-state index contributed by atoms with van der Waals surface area (Å²) < 4.78 is 0. The van der Waals surface area contributed by atoms with Crippen LogP contribution in [0.15, 0.2) is 30.3 Å². The van der Waals surface area contributed by atoms with Crippen LogP contribution < -0.4 is 5.32 Å². The average molecular weight is 272 g/mol. The van der Waals surface area contributed by atoms with Crippen molar-refractivity contribution in [1.29, 1.82) is 0 Å². The molecule has 19 heavy (non-hydrogen) atoms. The largest absolute Gasteiger partial charge is 0.309 e. The van der Waals surface area contributed by atoms with Crippen LogP contribution in [0.2, 0.25) is 0 Å². The highest BCUT2D eigenvalue weighted by Crippen LogP contribution is 2.44. The number of nitrogens with one attached hydrogen (secondary N) is 1. The van der Waals surface area contributed by atoms with Gasteiger partial charge in [-0.05, 0) is 18.4 Å². The number of nitrogens with zero attached hydrogens (tertiary/aromatic N) is 1. The Hall–Kier alpha value is -1.19. The molecule has 1 fully saturated rings. The predicted molar refractivity (Wildman–Crippen MR) is 81.5 cm³/mol. The Balaban J connectivity index is 1.91. The van der Waals surface area contributed by atoms with Gasteiger partial charge in [-0.2, -0.15) is 0 Å². The minimum Gasteiger partial charge on any atom is -0.309 e. The molecule has 1 N–H and O–H groups in total. The Morgan fingerprint density at radius 1 is 1.26 bits per heavy atom. The monoisotopic (exact) mass is 272 g/mol. The first kappa shape index (κ1) is 12.8. The lowest BCUT2D eigenvalue weighted by molar-refractivity contribution is 0.583. The summed E-state index contributed by atoms with van der Waals surface area (Å²) in [5, 5.41) is 4.82. The van der Waals surface area contributed by atoms with E-state index in [1.165, 1.54) is 34.0 Å². The van der Waals surface area contributed by atoms with E-state index in [4.69, 9.17) is 4.98 Å². The number of rotatable bonds is 5. The van der Waals surface area contributed by atoms with Gasteiger partial charge in [0.15, 0.2) is 0 Å². The Morgan fingerprint density at radius 3 is 2.63 bits per heavy atom. The van der Waals surface area contributed by atoms with Gasteiger partial charge in [0.1, 0.15) is 0 Å². The molecule has 0 spiro atoms. The maximum absolute atomic E-state index is 4.88. The first-order valence-electron chi connectivity index (χ1n) is 7.02. The molecule has 3 heteroatoms. The maximum Gasteiger partial charge on any atom is 0.0966 e. The molecule has 0 bridgehead atoms. The molecule has 1 aromatic heterocycles. The molecule has 100 valence electrons. The second kappa shape index (κ2) is 5.43. The molecule has 2 nitrogen and oxygen atoms in total.